The highest BCUT2D eigenvalue weighted by atomic mass is 19.4. The summed E-state index contributed by atoms with van der Waals surface area (Å²) >= 11 is 0. The van der Waals surface area contributed by atoms with Crippen LogP contribution in [-0.4, -0.2) is 11.8 Å². The molecule has 1 nitrogen and oxygen atoms in total. The first-order valence-corrected chi connectivity index (χ1v) is 5.71. The Labute approximate surface area is 104 Å². The Bertz CT molecular complexity index is 467. The highest BCUT2D eigenvalue weighted by molar-refractivity contribution is 5.61. The van der Waals surface area contributed by atoms with Crippen LogP contribution in [0.2, 0.25) is 0 Å². The Morgan fingerprint density at radius 3 is 2.22 bits per heavy atom. The third-order valence-electron chi connectivity index (χ3n) is 3.22. The van der Waals surface area contributed by atoms with Crippen molar-refractivity contribution >= 4 is 6.08 Å². The molecule has 0 radical (unpaired) electrons. The summed E-state index contributed by atoms with van der Waals surface area (Å²) in [5, 5.41) is 0. The first kappa shape index (κ1) is 13.0. The van der Waals surface area contributed by atoms with E-state index in [1.165, 1.54) is 26.8 Å². The topological polar surface area (TPSA) is 9.23 Å². The second-order valence-corrected chi connectivity index (χ2v) is 5.46. The van der Waals surface area contributed by atoms with Gasteiger partial charge in [0, 0.05) is 11.0 Å². The van der Waals surface area contributed by atoms with Gasteiger partial charge in [-0.1, -0.05) is 45.0 Å². The molecule has 1 aliphatic rings. The maximum atomic E-state index is 13.4. The van der Waals surface area contributed by atoms with Crippen LogP contribution in [0.1, 0.15) is 26.3 Å². The minimum atomic E-state index is -4.46. The number of halogens is 3. The van der Waals surface area contributed by atoms with Crippen LogP contribution < -0.4 is 4.74 Å². The summed E-state index contributed by atoms with van der Waals surface area (Å²) in [5.74, 6) is 0.271. The van der Waals surface area contributed by atoms with Crippen molar-refractivity contribution in [2.75, 3.05) is 0 Å². The quantitative estimate of drug-likeness (QED) is 0.666. The fourth-order valence-corrected chi connectivity index (χ4v) is 2.11. The van der Waals surface area contributed by atoms with Crippen molar-refractivity contribution in [3.8, 4) is 5.75 Å². The lowest BCUT2D eigenvalue weighted by atomic mass is 9.74. The molecule has 1 aromatic rings. The van der Waals surface area contributed by atoms with Gasteiger partial charge in [0.05, 0.1) is 0 Å². The van der Waals surface area contributed by atoms with Crippen LogP contribution in [0.4, 0.5) is 13.2 Å². The van der Waals surface area contributed by atoms with Crippen molar-refractivity contribution in [1.82, 2.24) is 0 Å². The SMILES string of the molecule is CC(C)(C)C1(C(F)(F)F)C=Cc2ccccc2O1. The number of ether oxygens (including phenoxy) is 1. The summed E-state index contributed by atoms with van der Waals surface area (Å²) in [7, 11) is 0. The van der Waals surface area contributed by atoms with E-state index < -0.39 is 17.2 Å². The summed E-state index contributed by atoms with van der Waals surface area (Å²) in [6.45, 7) is 4.58. The molecule has 98 valence electrons. The number of hydrogen-bond acceptors (Lipinski definition) is 1. The van der Waals surface area contributed by atoms with E-state index in [4.69, 9.17) is 4.74 Å². The van der Waals surface area contributed by atoms with Gasteiger partial charge in [-0.3, -0.25) is 0 Å². The van der Waals surface area contributed by atoms with Crippen molar-refractivity contribution in [3.05, 3.63) is 35.9 Å². The molecule has 4 heteroatoms. The zero-order valence-electron chi connectivity index (χ0n) is 10.5. The smallest absolute Gasteiger partial charge is 0.432 e. The summed E-state index contributed by atoms with van der Waals surface area (Å²) in [6.07, 6.45) is -1.86. The number of alkyl halides is 3. The van der Waals surface area contributed by atoms with Crippen LogP contribution in [0.15, 0.2) is 30.3 Å². The molecule has 0 aliphatic carbocycles. The molecule has 1 aliphatic heterocycles. The van der Waals surface area contributed by atoms with Gasteiger partial charge in [-0.25, -0.2) is 0 Å². The molecule has 0 fully saturated rings. The van der Waals surface area contributed by atoms with Gasteiger partial charge in [-0.15, -0.1) is 0 Å². The van der Waals surface area contributed by atoms with Gasteiger partial charge >= 0.3 is 6.18 Å². The lowest BCUT2D eigenvalue weighted by Crippen LogP contribution is -2.58. The maximum absolute atomic E-state index is 13.4. The van der Waals surface area contributed by atoms with Gasteiger partial charge in [0.1, 0.15) is 5.75 Å². The summed E-state index contributed by atoms with van der Waals surface area (Å²) in [4.78, 5) is 0. The lowest BCUT2D eigenvalue weighted by molar-refractivity contribution is -0.261. The van der Waals surface area contributed by atoms with Crippen LogP contribution in [0.5, 0.6) is 5.75 Å². The molecule has 2 rings (SSSR count). The second kappa shape index (κ2) is 3.77. The van der Waals surface area contributed by atoms with Crippen molar-refractivity contribution in [3.63, 3.8) is 0 Å². The van der Waals surface area contributed by atoms with E-state index in [1.807, 2.05) is 0 Å². The van der Waals surface area contributed by atoms with E-state index in [9.17, 15) is 13.2 Å². The van der Waals surface area contributed by atoms with Gasteiger partial charge in [-0.05, 0) is 12.1 Å². The van der Waals surface area contributed by atoms with E-state index >= 15 is 0 Å². The molecule has 1 aromatic carbocycles. The predicted molar refractivity (Wildman–Crippen MR) is 64.3 cm³/mol. The molecule has 0 N–H and O–H groups in total. The summed E-state index contributed by atoms with van der Waals surface area (Å²) in [6, 6.07) is 6.73. The van der Waals surface area contributed by atoms with Gasteiger partial charge in [-0.2, -0.15) is 13.2 Å². The molecule has 18 heavy (non-hydrogen) atoms. The van der Waals surface area contributed by atoms with E-state index in [2.05, 4.69) is 0 Å². The van der Waals surface area contributed by atoms with Crippen molar-refractivity contribution in [1.29, 1.82) is 0 Å². The third kappa shape index (κ3) is 1.80. The minimum absolute atomic E-state index is 0.271. The van der Waals surface area contributed by atoms with Crippen LogP contribution >= 0.6 is 0 Å². The predicted octanol–water partition coefficient (Wildman–Crippen LogP) is 4.44. The van der Waals surface area contributed by atoms with E-state index in [-0.39, 0.29) is 5.75 Å². The van der Waals surface area contributed by atoms with Gasteiger partial charge in [0.25, 0.3) is 0 Å². The summed E-state index contributed by atoms with van der Waals surface area (Å²) in [5.41, 5.74) is -2.70. The molecule has 1 unspecified atom stereocenters. The largest absolute Gasteiger partial charge is 0.472 e. The minimum Gasteiger partial charge on any atom is -0.472 e. The van der Waals surface area contributed by atoms with Crippen LogP contribution in [0.3, 0.4) is 0 Å². The standard InChI is InChI=1S/C14H15F3O/c1-12(2,3)13(14(15,16)17)9-8-10-6-4-5-7-11(10)18-13/h4-9H,1-3H3. The molecule has 0 aromatic heterocycles. The normalized spacial score (nSPS) is 23.4. The molecule has 1 atom stereocenters. The molecule has 0 bridgehead atoms. The molecule has 0 saturated carbocycles. The average Bonchev–Trinajstić information content (AvgIpc) is 2.25. The fraction of sp³-hybridized carbons (Fsp3) is 0.429. The van der Waals surface area contributed by atoms with Gasteiger partial charge < -0.3 is 4.74 Å². The zero-order valence-corrected chi connectivity index (χ0v) is 10.5. The number of hydrogen-bond donors (Lipinski definition) is 0. The van der Waals surface area contributed by atoms with Crippen molar-refractivity contribution in [2.45, 2.75) is 32.5 Å². The Kier molecular flexibility index (Phi) is 2.72. The number of fused-ring (bicyclic) bond motifs is 1. The molecular weight excluding hydrogens is 241 g/mol. The van der Waals surface area contributed by atoms with Crippen molar-refractivity contribution < 1.29 is 17.9 Å². The number of rotatable bonds is 0. The highest BCUT2D eigenvalue weighted by Crippen LogP contribution is 2.50. The fourth-order valence-electron chi connectivity index (χ4n) is 2.11. The van der Waals surface area contributed by atoms with Gasteiger partial charge in [0.15, 0.2) is 0 Å². The molecule has 0 amide bonds. The van der Waals surface area contributed by atoms with Crippen molar-refractivity contribution in [2.24, 2.45) is 5.41 Å². The molecule has 0 spiro atoms. The van der Waals surface area contributed by atoms with Crippen LogP contribution in [0, 0.1) is 5.41 Å². The second-order valence-electron chi connectivity index (χ2n) is 5.46. The first-order chi connectivity index (χ1) is 8.17. The van der Waals surface area contributed by atoms with E-state index in [0.29, 0.717) is 5.56 Å². The average molecular weight is 256 g/mol. The monoisotopic (exact) mass is 256 g/mol. The number of benzene rings is 1. The van der Waals surface area contributed by atoms with E-state index in [1.54, 1.807) is 24.3 Å². The molecular formula is C14H15F3O. The Morgan fingerprint density at radius 1 is 1.06 bits per heavy atom. The Balaban J connectivity index is 2.56. The first-order valence-electron chi connectivity index (χ1n) is 5.71. The third-order valence-corrected chi connectivity index (χ3v) is 3.22. The molecule has 1 heterocycles. The maximum Gasteiger partial charge on any atom is 0.432 e. The Morgan fingerprint density at radius 2 is 1.67 bits per heavy atom. The van der Waals surface area contributed by atoms with Crippen LogP contribution in [0.25, 0.3) is 6.08 Å². The lowest BCUT2D eigenvalue weighted by Gasteiger charge is -2.45. The highest BCUT2D eigenvalue weighted by Gasteiger charge is 2.63. The number of para-hydroxylation sites is 1. The van der Waals surface area contributed by atoms with Gasteiger partial charge in [0.2, 0.25) is 5.60 Å². The Hall–Kier alpha value is -1.45. The zero-order chi connectivity index (χ0) is 13.6. The molecule has 0 saturated heterocycles. The van der Waals surface area contributed by atoms with E-state index in [0.717, 1.165) is 6.08 Å². The summed E-state index contributed by atoms with van der Waals surface area (Å²) < 4.78 is 45.6. The van der Waals surface area contributed by atoms with Crippen LogP contribution in [-0.2, 0) is 0 Å².